The van der Waals surface area contributed by atoms with Crippen LogP contribution in [-0.4, -0.2) is 47.2 Å². The maximum Gasteiger partial charge on any atom is 0.260 e. The molecule has 6 nitrogen and oxygen atoms in total. The fourth-order valence-corrected chi connectivity index (χ4v) is 3.01. The summed E-state index contributed by atoms with van der Waals surface area (Å²) >= 11 is 0. The van der Waals surface area contributed by atoms with Crippen LogP contribution in [0.2, 0.25) is 0 Å². The highest BCUT2D eigenvalue weighted by Crippen LogP contribution is 2.27. The van der Waals surface area contributed by atoms with Gasteiger partial charge in [-0.3, -0.25) is 4.79 Å². The zero-order valence-electron chi connectivity index (χ0n) is 13.4. The van der Waals surface area contributed by atoms with Crippen molar-refractivity contribution in [1.29, 1.82) is 0 Å². The summed E-state index contributed by atoms with van der Waals surface area (Å²) in [5, 5.41) is 0. The molecule has 0 fully saturated rings. The molecule has 2 heterocycles. The summed E-state index contributed by atoms with van der Waals surface area (Å²) in [5.74, 6) is 0.799. The van der Waals surface area contributed by atoms with Gasteiger partial charge in [-0.15, -0.1) is 0 Å². The second kappa shape index (κ2) is 6.83. The van der Waals surface area contributed by atoms with E-state index in [0.717, 1.165) is 11.4 Å². The molecule has 2 aromatic rings. The third-order valence-corrected chi connectivity index (χ3v) is 4.06. The number of amides is 1. The summed E-state index contributed by atoms with van der Waals surface area (Å²) in [6.45, 7) is 1.74. The third kappa shape index (κ3) is 3.37. The summed E-state index contributed by atoms with van der Waals surface area (Å²) in [4.78, 5) is 18.7. The second-order valence-electron chi connectivity index (χ2n) is 5.72. The average Bonchev–Trinajstić information content (AvgIpc) is 2.95. The van der Waals surface area contributed by atoms with Crippen LogP contribution in [0.4, 0.5) is 0 Å². The third-order valence-electron chi connectivity index (χ3n) is 4.06. The molecule has 0 saturated heterocycles. The van der Waals surface area contributed by atoms with E-state index in [1.165, 1.54) is 0 Å². The van der Waals surface area contributed by atoms with E-state index in [1.54, 1.807) is 18.3 Å². The van der Waals surface area contributed by atoms with Crippen LogP contribution in [0.15, 0.2) is 36.7 Å². The van der Waals surface area contributed by atoms with Crippen LogP contribution in [0.3, 0.4) is 0 Å². The second-order valence-corrected chi connectivity index (χ2v) is 5.72. The molecule has 23 heavy (non-hydrogen) atoms. The van der Waals surface area contributed by atoms with Gasteiger partial charge in [-0.1, -0.05) is 18.2 Å². The van der Waals surface area contributed by atoms with Crippen LogP contribution in [0.25, 0.3) is 0 Å². The summed E-state index contributed by atoms with van der Waals surface area (Å²) in [7, 11) is 3.65. The number of ether oxygens (including phenoxy) is 2. The molecule has 122 valence electrons. The van der Waals surface area contributed by atoms with Gasteiger partial charge < -0.3 is 18.9 Å². The molecular weight excluding hydrogens is 294 g/mol. The van der Waals surface area contributed by atoms with Gasteiger partial charge in [-0.2, -0.15) is 0 Å². The Hall–Kier alpha value is -2.34. The first kappa shape index (κ1) is 15.6. The molecule has 0 radical (unpaired) electrons. The number of benzene rings is 1. The number of carbonyl (C=O) groups excluding carboxylic acids is 1. The van der Waals surface area contributed by atoms with Gasteiger partial charge in [0.15, 0.2) is 6.61 Å². The van der Waals surface area contributed by atoms with E-state index in [9.17, 15) is 4.79 Å². The standard InChI is InChI=1S/C17H21N3O3/c1-19-12-18-15-9-20(8-13(10-22-2)17(15)19)16(21)11-23-14-6-4-3-5-7-14/h3-7,12-13H,8-11H2,1-2H3/t13-/m0/s1. The van der Waals surface area contributed by atoms with E-state index in [-0.39, 0.29) is 18.4 Å². The lowest BCUT2D eigenvalue weighted by atomic mass is 9.99. The maximum atomic E-state index is 12.5. The largest absolute Gasteiger partial charge is 0.484 e. The van der Waals surface area contributed by atoms with Crippen molar-refractivity contribution < 1.29 is 14.3 Å². The molecule has 0 aliphatic carbocycles. The Kier molecular flexibility index (Phi) is 4.62. The van der Waals surface area contributed by atoms with Crippen LogP contribution in [0.5, 0.6) is 5.75 Å². The SMILES string of the molecule is COC[C@@H]1CN(C(=O)COc2ccccc2)Cc2ncn(C)c21. The molecule has 1 aromatic heterocycles. The lowest BCUT2D eigenvalue weighted by molar-refractivity contribution is -0.135. The van der Waals surface area contributed by atoms with Crippen LogP contribution in [-0.2, 0) is 23.1 Å². The minimum Gasteiger partial charge on any atom is -0.484 e. The number of carbonyl (C=O) groups is 1. The van der Waals surface area contributed by atoms with Crippen LogP contribution in [0.1, 0.15) is 17.3 Å². The van der Waals surface area contributed by atoms with E-state index in [1.807, 2.05) is 41.9 Å². The van der Waals surface area contributed by atoms with Crippen molar-refractivity contribution in [2.24, 2.45) is 7.05 Å². The molecule has 0 N–H and O–H groups in total. The van der Waals surface area contributed by atoms with Gasteiger partial charge in [0.25, 0.3) is 5.91 Å². The summed E-state index contributed by atoms with van der Waals surface area (Å²) in [5.41, 5.74) is 2.09. The number of imidazole rings is 1. The van der Waals surface area contributed by atoms with E-state index >= 15 is 0 Å². The molecule has 1 aliphatic heterocycles. The molecule has 1 amide bonds. The van der Waals surface area contributed by atoms with Crippen molar-refractivity contribution in [3.8, 4) is 5.75 Å². The summed E-state index contributed by atoms with van der Waals surface area (Å²) < 4.78 is 12.9. The highest BCUT2D eigenvalue weighted by Gasteiger charge is 2.31. The maximum absolute atomic E-state index is 12.5. The zero-order valence-corrected chi connectivity index (χ0v) is 13.4. The van der Waals surface area contributed by atoms with Crippen molar-refractivity contribution in [3.63, 3.8) is 0 Å². The fraction of sp³-hybridized carbons (Fsp3) is 0.412. The number of hydrogen-bond donors (Lipinski definition) is 0. The molecule has 1 aliphatic rings. The highest BCUT2D eigenvalue weighted by atomic mass is 16.5. The average molecular weight is 315 g/mol. The highest BCUT2D eigenvalue weighted by molar-refractivity contribution is 5.78. The number of nitrogens with zero attached hydrogens (tertiary/aromatic N) is 3. The first-order valence-electron chi connectivity index (χ1n) is 7.63. The van der Waals surface area contributed by atoms with E-state index in [2.05, 4.69) is 4.98 Å². The Bertz CT molecular complexity index is 669. The molecule has 0 saturated carbocycles. The molecular formula is C17H21N3O3. The fourth-order valence-electron chi connectivity index (χ4n) is 3.01. The smallest absolute Gasteiger partial charge is 0.260 e. The van der Waals surface area contributed by atoms with Gasteiger partial charge in [-0.25, -0.2) is 4.98 Å². The van der Waals surface area contributed by atoms with E-state index in [0.29, 0.717) is 25.4 Å². The Morgan fingerprint density at radius 3 is 2.87 bits per heavy atom. The zero-order chi connectivity index (χ0) is 16.2. The molecule has 1 atom stereocenters. The normalized spacial score (nSPS) is 17.0. The minimum absolute atomic E-state index is 0.0336. The Labute approximate surface area is 135 Å². The van der Waals surface area contributed by atoms with Crippen LogP contribution < -0.4 is 4.74 Å². The Balaban J connectivity index is 1.67. The van der Waals surface area contributed by atoms with Crippen molar-refractivity contribution in [2.75, 3.05) is 26.9 Å². The monoisotopic (exact) mass is 315 g/mol. The predicted octanol–water partition coefficient (Wildman–Crippen LogP) is 1.57. The first-order valence-corrected chi connectivity index (χ1v) is 7.63. The number of aryl methyl sites for hydroxylation is 1. The number of hydrogen-bond acceptors (Lipinski definition) is 4. The number of rotatable bonds is 5. The summed E-state index contributed by atoms with van der Waals surface area (Å²) in [6.07, 6.45) is 1.79. The quantitative estimate of drug-likeness (QED) is 0.840. The van der Waals surface area contributed by atoms with Crippen molar-refractivity contribution >= 4 is 5.91 Å². The van der Waals surface area contributed by atoms with Crippen molar-refractivity contribution in [1.82, 2.24) is 14.5 Å². The van der Waals surface area contributed by atoms with Gasteiger partial charge in [0.05, 0.1) is 25.2 Å². The number of para-hydroxylation sites is 1. The lowest BCUT2D eigenvalue weighted by Crippen LogP contribution is -2.42. The van der Waals surface area contributed by atoms with Crippen LogP contribution >= 0.6 is 0 Å². The number of fused-ring (bicyclic) bond motifs is 1. The molecule has 3 rings (SSSR count). The summed E-state index contributed by atoms with van der Waals surface area (Å²) in [6, 6.07) is 9.37. The first-order chi connectivity index (χ1) is 11.2. The van der Waals surface area contributed by atoms with Gasteiger partial charge in [0, 0.05) is 32.3 Å². The van der Waals surface area contributed by atoms with Gasteiger partial charge in [0.2, 0.25) is 0 Å². The molecule has 0 spiro atoms. The Morgan fingerprint density at radius 2 is 2.13 bits per heavy atom. The Morgan fingerprint density at radius 1 is 1.35 bits per heavy atom. The molecule has 0 bridgehead atoms. The molecule has 0 unspecified atom stereocenters. The van der Waals surface area contributed by atoms with Crippen LogP contribution in [0, 0.1) is 0 Å². The van der Waals surface area contributed by atoms with Gasteiger partial charge in [-0.05, 0) is 12.1 Å². The van der Waals surface area contributed by atoms with Gasteiger partial charge in [0.1, 0.15) is 5.75 Å². The van der Waals surface area contributed by atoms with Crippen molar-refractivity contribution in [2.45, 2.75) is 12.5 Å². The molecule has 1 aromatic carbocycles. The lowest BCUT2D eigenvalue weighted by Gasteiger charge is -2.32. The van der Waals surface area contributed by atoms with E-state index in [4.69, 9.17) is 9.47 Å². The van der Waals surface area contributed by atoms with E-state index < -0.39 is 0 Å². The number of aromatic nitrogens is 2. The molecule has 6 heteroatoms. The predicted molar refractivity (Wildman–Crippen MR) is 85.2 cm³/mol. The topological polar surface area (TPSA) is 56.6 Å². The number of methoxy groups -OCH3 is 1. The van der Waals surface area contributed by atoms with Gasteiger partial charge >= 0.3 is 0 Å². The minimum atomic E-state index is -0.0359. The van der Waals surface area contributed by atoms with Crippen molar-refractivity contribution in [3.05, 3.63) is 48.0 Å².